The Labute approximate surface area is 156 Å². The first-order chi connectivity index (χ1) is 13.1. The van der Waals surface area contributed by atoms with Gasteiger partial charge < -0.3 is 18.9 Å². The van der Waals surface area contributed by atoms with Crippen molar-refractivity contribution < 1.29 is 14.3 Å². The third-order valence-corrected chi connectivity index (χ3v) is 4.59. The van der Waals surface area contributed by atoms with E-state index in [2.05, 4.69) is 15.5 Å². The molecular weight excluding hydrogens is 352 g/mol. The predicted molar refractivity (Wildman–Crippen MR) is 95.0 cm³/mol. The minimum absolute atomic E-state index is 0.0191. The van der Waals surface area contributed by atoms with Crippen molar-refractivity contribution in [1.29, 1.82) is 0 Å². The molecule has 10 nitrogen and oxygen atoms in total. The van der Waals surface area contributed by atoms with Crippen LogP contribution in [0.3, 0.4) is 0 Å². The van der Waals surface area contributed by atoms with Gasteiger partial charge in [0, 0.05) is 38.4 Å². The number of aryl methyl sites for hydroxylation is 1. The number of pyridine rings is 1. The van der Waals surface area contributed by atoms with Gasteiger partial charge in [-0.05, 0) is 23.4 Å². The van der Waals surface area contributed by atoms with Crippen molar-refractivity contribution in [2.24, 2.45) is 0 Å². The first-order valence-electron chi connectivity index (χ1n) is 8.91. The lowest BCUT2D eigenvalue weighted by Gasteiger charge is -2.32. The molecule has 0 radical (unpaired) electrons. The van der Waals surface area contributed by atoms with Crippen LogP contribution in [0.5, 0.6) is 0 Å². The van der Waals surface area contributed by atoms with Gasteiger partial charge in [-0.2, -0.15) is 0 Å². The summed E-state index contributed by atoms with van der Waals surface area (Å²) < 4.78 is 14.1. The number of carbonyl (C=O) groups is 1. The highest BCUT2D eigenvalue weighted by molar-refractivity contribution is 5.76. The fourth-order valence-electron chi connectivity index (χ4n) is 3.09. The van der Waals surface area contributed by atoms with E-state index in [-0.39, 0.29) is 24.0 Å². The zero-order chi connectivity index (χ0) is 19.2. The van der Waals surface area contributed by atoms with E-state index in [1.807, 2.05) is 13.0 Å². The maximum absolute atomic E-state index is 12.6. The molecule has 27 heavy (non-hydrogen) atoms. The van der Waals surface area contributed by atoms with Crippen LogP contribution in [-0.4, -0.2) is 69.0 Å². The van der Waals surface area contributed by atoms with E-state index in [1.54, 1.807) is 27.3 Å². The summed E-state index contributed by atoms with van der Waals surface area (Å²) in [6, 6.07) is 5.08. The molecule has 3 heterocycles. The maximum Gasteiger partial charge on any atom is 0.250 e. The van der Waals surface area contributed by atoms with E-state index in [0.717, 1.165) is 5.69 Å². The van der Waals surface area contributed by atoms with Crippen LogP contribution in [0.4, 0.5) is 0 Å². The normalized spacial score (nSPS) is 17.3. The fraction of sp³-hybridized carbons (Fsp3) is 0.588. The zero-order valence-corrected chi connectivity index (χ0v) is 15.6. The molecular formula is C17H24N6O4. The van der Waals surface area contributed by atoms with Gasteiger partial charge in [-0.25, -0.2) is 4.68 Å². The van der Waals surface area contributed by atoms with Crippen LogP contribution in [0, 0.1) is 6.92 Å². The summed E-state index contributed by atoms with van der Waals surface area (Å²) in [5.41, 5.74) is 0.743. The number of hydrogen-bond donors (Lipinski definition) is 0. The molecule has 1 amide bonds. The summed E-state index contributed by atoms with van der Waals surface area (Å²) in [6.45, 7) is 4.53. The van der Waals surface area contributed by atoms with Crippen molar-refractivity contribution in [3.05, 3.63) is 40.1 Å². The molecule has 146 valence electrons. The summed E-state index contributed by atoms with van der Waals surface area (Å²) in [5.74, 6) is 0.564. The third kappa shape index (κ3) is 4.58. The van der Waals surface area contributed by atoms with Crippen LogP contribution in [0.25, 0.3) is 0 Å². The molecule has 1 atom stereocenters. The van der Waals surface area contributed by atoms with Gasteiger partial charge in [0.05, 0.1) is 26.3 Å². The fourth-order valence-corrected chi connectivity index (χ4v) is 3.09. The van der Waals surface area contributed by atoms with Crippen molar-refractivity contribution in [1.82, 2.24) is 29.7 Å². The van der Waals surface area contributed by atoms with E-state index in [1.165, 1.54) is 6.07 Å². The van der Waals surface area contributed by atoms with Gasteiger partial charge in [-0.15, -0.1) is 5.10 Å². The van der Waals surface area contributed by atoms with Crippen LogP contribution in [-0.2, 0) is 27.4 Å². The Morgan fingerprint density at radius 1 is 1.37 bits per heavy atom. The van der Waals surface area contributed by atoms with Gasteiger partial charge in [0.25, 0.3) is 5.56 Å². The number of ether oxygens (including phenoxy) is 2. The number of carbonyl (C=O) groups excluding carboxylic acids is 1. The van der Waals surface area contributed by atoms with Crippen LogP contribution >= 0.6 is 0 Å². The van der Waals surface area contributed by atoms with Gasteiger partial charge in [0.1, 0.15) is 6.10 Å². The summed E-state index contributed by atoms with van der Waals surface area (Å²) in [4.78, 5) is 26.3. The molecule has 1 aliphatic rings. The Morgan fingerprint density at radius 3 is 3.00 bits per heavy atom. The van der Waals surface area contributed by atoms with E-state index in [9.17, 15) is 9.59 Å². The number of nitrogens with zero attached hydrogens (tertiary/aromatic N) is 6. The molecule has 0 spiro atoms. The predicted octanol–water partition coefficient (Wildman–Crippen LogP) is -0.220. The zero-order valence-electron chi connectivity index (χ0n) is 15.6. The molecule has 3 rings (SSSR count). The first-order valence-corrected chi connectivity index (χ1v) is 8.91. The summed E-state index contributed by atoms with van der Waals surface area (Å²) in [6.07, 6.45) is -0.123. The van der Waals surface area contributed by atoms with E-state index in [4.69, 9.17) is 9.47 Å². The molecule has 1 saturated heterocycles. The van der Waals surface area contributed by atoms with E-state index in [0.29, 0.717) is 45.2 Å². The minimum Gasteiger partial charge on any atom is -0.383 e. The smallest absolute Gasteiger partial charge is 0.250 e. The molecule has 1 fully saturated rings. The van der Waals surface area contributed by atoms with Gasteiger partial charge in [0.2, 0.25) is 5.91 Å². The SMILES string of the molecule is COCCn1nnnc1C1CN(C(=O)CCn2c(C)cccc2=O)CCO1. The molecule has 1 unspecified atom stereocenters. The first kappa shape index (κ1) is 19.2. The number of methoxy groups -OCH3 is 1. The second kappa shape index (κ2) is 8.87. The Kier molecular flexibility index (Phi) is 6.30. The maximum atomic E-state index is 12.6. The topological polar surface area (TPSA) is 104 Å². The lowest BCUT2D eigenvalue weighted by atomic mass is 10.2. The summed E-state index contributed by atoms with van der Waals surface area (Å²) in [5, 5.41) is 11.7. The van der Waals surface area contributed by atoms with Crippen molar-refractivity contribution in [3.63, 3.8) is 0 Å². The highest BCUT2D eigenvalue weighted by atomic mass is 16.5. The largest absolute Gasteiger partial charge is 0.383 e. The standard InChI is InChI=1S/C17H24N6O4/c1-13-4-3-5-16(25)22(13)7-6-15(24)21-8-11-27-14(12-21)17-18-19-20-23(17)9-10-26-2/h3-5,14H,6-12H2,1-2H3. The molecule has 2 aromatic rings. The van der Waals surface area contributed by atoms with Crippen molar-refractivity contribution >= 4 is 5.91 Å². The van der Waals surface area contributed by atoms with Gasteiger partial charge in [-0.1, -0.05) is 6.07 Å². The van der Waals surface area contributed by atoms with Crippen LogP contribution in [0.1, 0.15) is 24.0 Å². The van der Waals surface area contributed by atoms with E-state index >= 15 is 0 Å². The molecule has 0 aliphatic carbocycles. The molecule has 1 aliphatic heterocycles. The van der Waals surface area contributed by atoms with Crippen molar-refractivity contribution in [2.75, 3.05) is 33.4 Å². The van der Waals surface area contributed by atoms with Gasteiger partial charge >= 0.3 is 0 Å². The van der Waals surface area contributed by atoms with Gasteiger partial charge in [0.15, 0.2) is 5.82 Å². The van der Waals surface area contributed by atoms with Crippen molar-refractivity contribution in [2.45, 2.75) is 32.5 Å². The van der Waals surface area contributed by atoms with Crippen LogP contribution in [0.15, 0.2) is 23.0 Å². The number of aromatic nitrogens is 5. The molecule has 0 saturated carbocycles. The second-order valence-corrected chi connectivity index (χ2v) is 6.36. The van der Waals surface area contributed by atoms with E-state index < -0.39 is 0 Å². The van der Waals surface area contributed by atoms with Gasteiger partial charge in [-0.3, -0.25) is 9.59 Å². The van der Waals surface area contributed by atoms with Crippen LogP contribution in [0.2, 0.25) is 0 Å². The monoisotopic (exact) mass is 376 g/mol. The average molecular weight is 376 g/mol. The number of tetrazole rings is 1. The third-order valence-electron chi connectivity index (χ3n) is 4.59. The Hall–Kier alpha value is -2.59. The lowest BCUT2D eigenvalue weighted by Crippen LogP contribution is -2.43. The quantitative estimate of drug-likeness (QED) is 0.658. The highest BCUT2D eigenvalue weighted by Gasteiger charge is 2.29. The second-order valence-electron chi connectivity index (χ2n) is 6.36. The summed E-state index contributed by atoms with van der Waals surface area (Å²) in [7, 11) is 1.61. The number of amides is 1. The average Bonchev–Trinajstić information content (AvgIpc) is 3.14. The molecule has 0 N–H and O–H groups in total. The lowest BCUT2D eigenvalue weighted by molar-refractivity contribution is -0.139. The minimum atomic E-state index is -0.379. The Balaban J connectivity index is 1.61. The molecule has 10 heteroatoms. The van der Waals surface area contributed by atoms with Crippen LogP contribution < -0.4 is 5.56 Å². The summed E-state index contributed by atoms with van der Waals surface area (Å²) >= 11 is 0. The number of hydrogen-bond acceptors (Lipinski definition) is 7. The molecule has 2 aromatic heterocycles. The van der Waals surface area contributed by atoms with Crippen molar-refractivity contribution in [3.8, 4) is 0 Å². The Bertz CT molecular complexity index is 833. The number of rotatable bonds is 7. The number of morpholine rings is 1. The highest BCUT2D eigenvalue weighted by Crippen LogP contribution is 2.20. The molecule has 0 bridgehead atoms. The molecule has 0 aromatic carbocycles. The Morgan fingerprint density at radius 2 is 2.22 bits per heavy atom.